The highest BCUT2D eigenvalue weighted by Crippen LogP contribution is 2.59. The smallest absolute Gasteiger partial charge is 0.336 e. The number of ether oxygens (including phenoxy) is 2. The lowest BCUT2D eigenvalue weighted by Crippen LogP contribution is -2.61. The molecule has 2 atom stereocenters. The lowest BCUT2D eigenvalue weighted by Gasteiger charge is -2.40. The quantitative estimate of drug-likeness (QED) is 0.607. The molecule has 0 unspecified atom stereocenters. The van der Waals surface area contributed by atoms with E-state index < -0.39 is 29.1 Å². The third-order valence-corrected chi connectivity index (χ3v) is 4.49. The molecular formula is C14H21N3O6. The highest BCUT2D eigenvalue weighted by molar-refractivity contribution is 6.01. The number of aliphatic hydroxyl groups is 1. The first-order valence-corrected chi connectivity index (χ1v) is 7.31. The number of nitrogens with one attached hydrogen (secondary N) is 1. The van der Waals surface area contributed by atoms with Gasteiger partial charge in [-0.3, -0.25) is 9.80 Å². The standard InChI is InChI=1S/C14H21N3O6/c1-4-23-11(19)13-6-5-7-14(13,21)17(16-12(15)20)8(2)9(13)10(18)22-3/h21H,4-7H2,1-3H3,(H3,15,16,20)/t13-,14-/m0/s1. The number of methoxy groups -OCH3 is 1. The van der Waals surface area contributed by atoms with Gasteiger partial charge < -0.3 is 20.3 Å². The lowest BCUT2D eigenvalue weighted by molar-refractivity contribution is -0.187. The zero-order valence-electron chi connectivity index (χ0n) is 13.3. The summed E-state index contributed by atoms with van der Waals surface area (Å²) >= 11 is 0. The van der Waals surface area contributed by atoms with E-state index in [-0.39, 0.29) is 30.7 Å². The van der Waals surface area contributed by atoms with Gasteiger partial charge in [0, 0.05) is 5.70 Å². The van der Waals surface area contributed by atoms with Crippen LogP contribution >= 0.6 is 0 Å². The van der Waals surface area contributed by atoms with Crippen LogP contribution in [0.25, 0.3) is 0 Å². The second-order valence-corrected chi connectivity index (χ2v) is 5.56. The normalized spacial score (nSPS) is 29.3. The van der Waals surface area contributed by atoms with E-state index in [1.165, 1.54) is 14.0 Å². The molecule has 9 heteroatoms. The molecular weight excluding hydrogens is 306 g/mol. The predicted molar refractivity (Wildman–Crippen MR) is 77.1 cm³/mol. The molecule has 0 bridgehead atoms. The number of urea groups is 1. The Morgan fingerprint density at radius 3 is 2.57 bits per heavy atom. The number of amides is 2. The van der Waals surface area contributed by atoms with Gasteiger partial charge in [-0.15, -0.1) is 0 Å². The number of esters is 2. The van der Waals surface area contributed by atoms with Gasteiger partial charge in [-0.25, -0.2) is 15.0 Å². The lowest BCUT2D eigenvalue weighted by atomic mass is 9.75. The van der Waals surface area contributed by atoms with Gasteiger partial charge in [0.1, 0.15) is 0 Å². The Morgan fingerprint density at radius 2 is 2.04 bits per heavy atom. The Kier molecular flexibility index (Phi) is 4.25. The summed E-state index contributed by atoms with van der Waals surface area (Å²) in [7, 11) is 1.18. The van der Waals surface area contributed by atoms with Crippen molar-refractivity contribution >= 4 is 18.0 Å². The fraction of sp³-hybridized carbons (Fsp3) is 0.643. The van der Waals surface area contributed by atoms with Crippen molar-refractivity contribution in [2.45, 2.75) is 38.8 Å². The molecule has 0 saturated heterocycles. The molecule has 0 spiro atoms. The summed E-state index contributed by atoms with van der Waals surface area (Å²) in [5.41, 5.74) is 4.16. The van der Waals surface area contributed by atoms with Crippen LogP contribution in [0.2, 0.25) is 0 Å². The summed E-state index contributed by atoms with van der Waals surface area (Å²) in [6.07, 6.45) is 0.811. The van der Waals surface area contributed by atoms with Crippen molar-refractivity contribution in [1.29, 1.82) is 0 Å². The summed E-state index contributed by atoms with van der Waals surface area (Å²) in [4.78, 5) is 36.2. The molecule has 1 aliphatic carbocycles. The van der Waals surface area contributed by atoms with Crippen molar-refractivity contribution in [3.63, 3.8) is 0 Å². The third kappa shape index (κ3) is 2.14. The van der Waals surface area contributed by atoms with Crippen molar-refractivity contribution in [3.8, 4) is 0 Å². The van der Waals surface area contributed by atoms with Crippen molar-refractivity contribution < 1.29 is 29.0 Å². The molecule has 1 fully saturated rings. The molecule has 1 aliphatic heterocycles. The Balaban J connectivity index is 2.66. The fourth-order valence-corrected chi connectivity index (χ4v) is 3.67. The van der Waals surface area contributed by atoms with Crippen LogP contribution in [0.15, 0.2) is 11.3 Å². The van der Waals surface area contributed by atoms with Gasteiger partial charge >= 0.3 is 18.0 Å². The first-order valence-electron chi connectivity index (χ1n) is 7.31. The summed E-state index contributed by atoms with van der Waals surface area (Å²) in [5, 5.41) is 12.3. The van der Waals surface area contributed by atoms with E-state index in [4.69, 9.17) is 15.2 Å². The number of nitrogens with two attached hydrogens (primary N) is 1. The molecule has 0 aromatic carbocycles. The maximum Gasteiger partial charge on any atom is 0.336 e. The Morgan fingerprint density at radius 1 is 1.39 bits per heavy atom. The summed E-state index contributed by atoms with van der Waals surface area (Å²) in [6, 6.07) is -0.923. The summed E-state index contributed by atoms with van der Waals surface area (Å²) in [6.45, 7) is 3.22. The SMILES string of the molecule is CCOC(=O)[C@@]12CCC[C@@]1(O)N(NC(N)=O)C(C)=C2C(=O)OC. The van der Waals surface area contributed by atoms with Crippen LogP contribution in [0, 0.1) is 5.41 Å². The number of fused-ring (bicyclic) bond motifs is 1. The zero-order valence-corrected chi connectivity index (χ0v) is 13.3. The number of hydrogen-bond acceptors (Lipinski definition) is 7. The van der Waals surface area contributed by atoms with Gasteiger partial charge in [0.2, 0.25) is 0 Å². The Labute approximate surface area is 133 Å². The average Bonchev–Trinajstić information content (AvgIpc) is 2.91. The minimum Gasteiger partial charge on any atom is -0.466 e. The molecule has 1 saturated carbocycles. The highest BCUT2D eigenvalue weighted by Gasteiger charge is 2.71. The number of carbonyl (C=O) groups is 3. The molecule has 0 aromatic rings. The van der Waals surface area contributed by atoms with Gasteiger partial charge in [0.25, 0.3) is 0 Å². The van der Waals surface area contributed by atoms with Crippen LogP contribution in [0.4, 0.5) is 4.79 Å². The van der Waals surface area contributed by atoms with E-state index in [1.54, 1.807) is 6.92 Å². The molecule has 2 rings (SSSR count). The minimum absolute atomic E-state index is 0.0211. The van der Waals surface area contributed by atoms with Crippen LogP contribution in [-0.2, 0) is 19.1 Å². The summed E-state index contributed by atoms with van der Waals surface area (Å²) < 4.78 is 9.89. The predicted octanol–water partition coefficient (Wildman–Crippen LogP) is -0.246. The molecule has 128 valence electrons. The van der Waals surface area contributed by atoms with Crippen molar-refractivity contribution in [2.24, 2.45) is 11.1 Å². The number of allylic oxidation sites excluding steroid dienone is 1. The molecule has 4 N–H and O–H groups in total. The van der Waals surface area contributed by atoms with Gasteiger partial charge in [-0.2, -0.15) is 0 Å². The van der Waals surface area contributed by atoms with Gasteiger partial charge in [-0.1, -0.05) is 0 Å². The second kappa shape index (κ2) is 5.73. The second-order valence-electron chi connectivity index (χ2n) is 5.56. The molecule has 2 aliphatic rings. The van der Waals surface area contributed by atoms with Gasteiger partial charge in [0.05, 0.1) is 19.3 Å². The maximum absolute atomic E-state index is 12.7. The molecule has 9 nitrogen and oxygen atoms in total. The number of hydrogen-bond donors (Lipinski definition) is 3. The number of hydrazine groups is 1. The van der Waals surface area contributed by atoms with E-state index in [0.29, 0.717) is 6.42 Å². The molecule has 1 heterocycles. The first-order chi connectivity index (χ1) is 10.8. The molecule has 0 aromatic heterocycles. The van der Waals surface area contributed by atoms with Crippen LogP contribution in [0.5, 0.6) is 0 Å². The molecule has 23 heavy (non-hydrogen) atoms. The highest BCUT2D eigenvalue weighted by atomic mass is 16.5. The first kappa shape index (κ1) is 17.1. The number of primary amides is 1. The van der Waals surface area contributed by atoms with E-state index in [2.05, 4.69) is 5.43 Å². The minimum atomic E-state index is -1.83. The van der Waals surface area contributed by atoms with Crippen LogP contribution in [0.3, 0.4) is 0 Å². The maximum atomic E-state index is 12.7. The number of rotatable bonds is 4. The van der Waals surface area contributed by atoms with Gasteiger partial charge in [0.15, 0.2) is 11.1 Å². The van der Waals surface area contributed by atoms with E-state index in [9.17, 15) is 19.5 Å². The van der Waals surface area contributed by atoms with Crippen molar-refractivity contribution in [2.75, 3.05) is 13.7 Å². The summed E-state index contributed by atoms with van der Waals surface area (Å²) in [5.74, 6) is -1.49. The third-order valence-electron chi connectivity index (χ3n) is 4.49. The van der Waals surface area contributed by atoms with E-state index in [1.807, 2.05) is 0 Å². The van der Waals surface area contributed by atoms with Crippen molar-refractivity contribution in [3.05, 3.63) is 11.3 Å². The molecule has 0 radical (unpaired) electrons. The van der Waals surface area contributed by atoms with Crippen LogP contribution in [-0.4, -0.2) is 47.5 Å². The van der Waals surface area contributed by atoms with Gasteiger partial charge in [-0.05, 0) is 33.1 Å². The van der Waals surface area contributed by atoms with E-state index in [0.717, 1.165) is 5.01 Å². The van der Waals surface area contributed by atoms with Crippen LogP contribution < -0.4 is 11.2 Å². The number of nitrogens with zero attached hydrogens (tertiary/aromatic N) is 1. The largest absolute Gasteiger partial charge is 0.466 e. The Hall–Kier alpha value is -2.29. The van der Waals surface area contributed by atoms with E-state index >= 15 is 0 Å². The fourth-order valence-electron chi connectivity index (χ4n) is 3.67. The Bertz CT molecular complexity index is 589. The number of carbonyl (C=O) groups excluding carboxylic acids is 3. The topological polar surface area (TPSA) is 131 Å². The van der Waals surface area contributed by atoms with Crippen molar-refractivity contribution in [1.82, 2.24) is 10.4 Å². The van der Waals surface area contributed by atoms with Crippen LogP contribution in [0.1, 0.15) is 33.1 Å². The monoisotopic (exact) mass is 327 g/mol. The average molecular weight is 327 g/mol. The zero-order chi connectivity index (χ0) is 17.4. The molecule has 2 amide bonds.